The van der Waals surface area contributed by atoms with E-state index in [1.54, 1.807) is 21.8 Å². The number of hydrogen-bond donors (Lipinski definition) is 2. The van der Waals surface area contributed by atoms with Gasteiger partial charge in [0.1, 0.15) is 11.4 Å². The highest BCUT2D eigenvalue weighted by Crippen LogP contribution is 2.04. The average molecular weight is 235 g/mol. The van der Waals surface area contributed by atoms with Crippen LogP contribution in [0.5, 0.6) is 0 Å². The van der Waals surface area contributed by atoms with E-state index in [1.165, 1.54) is 0 Å². The molecule has 0 saturated heterocycles. The minimum atomic E-state index is -0.221. The Hall–Kier alpha value is -2.22. The van der Waals surface area contributed by atoms with Gasteiger partial charge in [-0.15, -0.1) is 5.10 Å². The summed E-state index contributed by atoms with van der Waals surface area (Å²) in [5.74, 6) is -0.221. The first-order chi connectivity index (χ1) is 8.19. The van der Waals surface area contributed by atoms with Crippen LogP contribution in [0.2, 0.25) is 0 Å². The van der Waals surface area contributed by atoms with Gasteiger partial charge in [0, 0.05) is 7.05 Å². The minimum absolute atomic E-state index is 0.0310. The van der Waals surface area contributed by atoms with Crippen molar-refractivity contribution in [2.75, 3.05) is 6.54 Å². The fourth-order valence-corrected chi connectivity index (χ4v) is 1.29. The quantitative estimate of drug-likeness (QED) is 0.676. The molecule has 2 rings (SSSR count). The Kier molecular flexibility index (Phi) is 3.15. The Labute approximate surface area is 97.4 Å². The Morgan fingerprint density at radius 1 is 1.53 bits per heavy atom. The lowest BCUT2D eigenvalue weighted by atomic mass is 10.4. The van der Waals surface area contributed by atoms with Crippen molar-refractivity contribution in [2.45, 2.75) is 6.54 Å². The lowest BCUT2D eigenvalue weighted by Gasteiger charge is -1.98. The molecule has 2 aromatic rings. The fourth-order valence-electron chi connectivity index (χ4n) is 1.29. The van der Waals surface area contributed by atoms with Crippen LogP contribution < -0.4 is 11.1 Å². The molecule has 0 fully saturated rings. The molecule has 1 amide bonds. The summed E-state index contributed by atoms with van der Waals surface area (Å²) < 4.78 is 3.27. The number of nitrogens with two attached hydrogens (primary N) is 1. The van der Waals surface area contributed by atoms with Crippen molar-refractivity contribution >= 4 is 5.91 Å². The van der Waals surface area contributed by atoms with E-state index in [4.69, 9.17) is 5.73 Å². The summed E-state index contributed by atoms with van der Waals surface area (Å²) in [5.41, 5.74) is 6.65. The number of aryl methyl sites for hydroxylation is 1. The average Bonchev–Trinajstić information content (AvgIpc) is 2.94. The first-order valence-electron chi connectivity index (χ1n) is 5.06. The molecule has 0 aliphatic heterocycles. The highest BCUT2D eigenvalue weighted by molar-refractivity contribution is 5.77. The van der Waals surface area contributed by atoms with Crippen LogP contribution in [0.15, 0.2) is 18.6 Å². The van der Waals surface area contributed by atoms with Crippen LogP contribution in [0.3, 0.4) is 0 Å². The molecule has 0 aliphatic carbocycles. The second kappa shape index (κ2) is 4.74. The number of hydrogen-bond acceptors (Lipinski definition) is 5. The van der Waals surface area contributed by atoms with Gasteiger partial charge in [0.2, 0.25) is 5.91 Å². The first kappa shape index (κ1) is 11.3. The van der Waals surface area contributed by atoms with Gasteiger partial charge in [0.25, 0.3) is 0 Å². The van der Waals surface area contributed by atoms with E-state index in [2.05, 4.69) is 20.7 Å². The summed E-state index contributed by atoms with van der Waals surface area (Å²) in [6.45, 7) is 0.285. The van der Waals surface area contributed by atoms with Crippen molar-refractivity contribution in [1.29, 1.82) is 0 Å². The molecular formula is C9H13N7O. The third-order valence-electron chi connectivity index (χ3n) is 2.15. The molecule has 90 valence electrons. The van der Waals surface area contributed by atoms with E-state index in [0.717, 1.165) is 5.69 Å². The molecule has 8 nitrogen and oxygen atoms in total. The zero-order valence-electron chi connectivity index (χ0n) is 9.37. The summed E-state index contributed by atoms with van der Waals surface area (Å²) in [6, 6.07) is 0. The zero-order valence-corrected chi connectivity index (χ0v) is 9.37. The molecule has 2 heterocycles. The van der Waals surface area contributed by atoms with Gasteiger partial charge in [-0.25, -0.2) is 4.68 Å². The van der Waals surface area contributed by atoms with Gasteiger partial charge in [-0.05, 0) is 0 Å². The summed E-state index contributed by atoms with van der Waals surface area (Å²) in [7, 11) is 1.82. The first-order valence-corrected chi connectivity index (χ1v) is 5.06. The van der Waals surface area contributed by atoms with E-state index in [9.17, 15) is 4.79 Å². The lowest BCUT2D eigenvalue weighted by Crippen LogP contribution is -2.29. The maximum Gasteiger partial charge on any atom is 0.234 e. The summed E-state index contributed by atoms with van der Waals surface area (Å²) in [5, 5.41) is 14.5. The number of aromatic nitrogens is 5. The lowest BCUT2D eigenvalue weighted by molar-refractivity contribution is -0.119. The van der Waals surface area contributed by atoms with E-state index >= 15 is 0 Å². The highest BCUT2D eigenvalue weighted by atomic mass is 16.1. The number of amides is 1. The van der Waals surface area contributed by atoms with Gasteiger partial charge >= 0.3 is 0 Å². The number of carbonyl (C=O) groups is 1. The number of rotatable bonds is 4. The van der Waals surface area contributed by atoms with E-state index in [0.29, 0.717) is 12.2 Å². The molecule has 0 atom stereocenters. The topological polar surface area (TPSA) is 104 Å². The fraction of sp³-hybridized carbons (Fsp3) is 0.333. The number of nitrogens with one attached hydrogen (secondary N) is 1. The molecule has 3 N–H and O–H groups in total. The number of nitrogens with zero attached hydrogens (tertiary/aromatic N) is 5. The molecule has 0 spiro atoms. The molecule has 0 aromatic carbocycles. The molecule has 2 aromatic heterocycles. The third kappa shape index (κ3) is 2.67. The molecule has 8 heteroatoms. The predicted octanol–water partition coefficient (Wildman–Crippen LogP) is -1.42. The molecule has 0 unspecified atom stereocenters. The predicted molar refractivity (Wildman–Crippen MR) is 59.0 cm³/mol. The van der Waals surface area contributed by atoms with Crippen molar-refractivity contribution in [3.05, 3.63) is 24.3 Å². The van der Waals surface area contributed by atoms with Crippen LogP contribution in [0, 0.1) is 0 Å². The normalized spacial score (nSPS) is 10.5. The van der Waals surface area contributed by atoms with Crippen molar-refractivity contribution < 1.29 is 4.79 Å². The largest absolute Gasteiger partial charge is 0.349 e. The van der Waals surface area contributed by atoms with Gasteiger partial charge < -0.3 is 11.1 Å². The van der Waals surface area contributed by atoms with Gasteiger partial charge in [-0.3, -0.25) is 9.48 Å². The van der Waals surface area contributed by atoms with E-state index in [1.807, 2.05) is 13.2 Å². The molecular weight excluding hydrogens is 222 g/mol. The van der Waals surface area contributed by atoms with Gasteiger partial charge in [-0.2, -0.15) is 5.10 Å². The Bertz CT molecular complexity index is 515. The van der Waals surface area contributed by atoms with Crippen molar-refractivity contribution in [3.8, 4) is 5.69 Å². The van der Waals surface area contributed by atoms with Gasteiger partial charge in [0.05, 0.1) is 31.7 Å². The molecule has 0 radical (unpaired) electrons. The Balaban J connectivity index is 2.03. The third-order valence-corrected chi connectivity index (χ3v) is 2.15. The second-order valence-electron chi connectivity index (χ2n) is 3.51. The maximum absolute atomic E-state index is 11.0. The smallest absolute Gasteiger partial charge is 0.234 e. The van der Waals surface area contributed by atoms with Crippen LogP contribution in [0.25, 0.3) is 5.69 Å². The zero-order chi connectivity index (χ0) is 12.3. The van der Waals surface area contributed by atoms with Crippen molar-refractivity contribution in [2.24, 2.45) is 12.8 Å². The van der Waals surface area contributed by atoms with Crippen LogP contribution in [0.4, 0.5) is 0 Å². The van der Waals surface area contributed by atoms with E-state index < -0.39 is 0 Å². The molecule has 0 saturated carbocycles. The summed E-state index contributed by atoms with van der Waals surface area (Å²) in [4.78, 5) is 11.0. The molecule has 0 aliphatic rings. The highest BCUT2D eigenvalue weighted by Gasteiger charge is 2.05. The Morgan fingerprint density at radius 3 is 3.00 bits per heavy atom. The second-order valence-corrected chi connectivity index (χ2v) is 3.51. The standard InChI is InChI=1S/C9H13N7O/c1-15-6-8(4-12-15)16-5-7(13-14-16)3-11-9(17)2-10/h4-6H,2-3,10H2,1H3,(H,11,17). The number of carbonyl (C=O) groups excluding carboxylic acids is 1. The monoisotopic (exact) mass is 235 g/mol. The molecule has 17 heavy (non-hydrogen) atoms. The van der Waals surface area contributed by atoms with Crippen molar-refractivity contribution in [1.82, 2.24) is 30.1 Å². The van der Waals surface area contributed by atoms with Crippen molar-refractivity contribution in [3.63, 3.8) is 0 Å². The van der Waals surface area contributed by atoms with Crippen LogP contribution in [0.1, 0.15) is 5.69 Å². The van der Waals surface area contributed by atoms with Crippen LogP contribution in [-0.4, -0.2) is 37.2 Å². The minimum Gasteiger partial charge on any atom is -0.349 e. The summed E-state index contributed by atoms with van der Waals surface area (Å²) in [6.07, 6.45) is 5.22. The Morgan fingerprint density at radius 2 is 2.35 bits per heavy atom. The van der Waals surface area contributed by atoms with Crippen LogP contribution in [-0.2, 0) is 18.4 Å². The summed E-state index contributed by atoms with van der Waals surface area (Å²) >= 11 is 0. The molecule has 0 bridgehead atoms. The van der Waals surface area contributed by atoms with Crippen LogP contribution >= 0.6 is 0 Å². The van der Waals surface area contributed by atoms with Gasteiger partial charge in [0.15, 0.2) is 0 Å². The maximum atomic E-state index is 11.0. The van der Waals surface area contributed by atoms with E-state index in [-0.39, 0.29) is 12.5 Å². The van der Waals surface area contributed by atoms with Gasteiger partial charge in [-0.1, -0.05) is 5.21 Å². The SMILES string of the molecule is Cn1cc(-n2cc(CNC(=O)CN)nn2)cn1.